The molecule has 4 aromatic rings. The molecule has 0 fully saturated rings. The number of hydrogen-bond donors (Lipinski definition) is 3. The van der Waals surface area contributed by atoms with Gasteiger partial charge in [0.05, 0.1) is 33.9 Å². The van der Waals surface area contributed by atoms with E-state index in [0.29, 0.717) is 16.3 Å². The van der Waals surface area contributed by atoms with E-state index in [-0.39, 0.29) is 5.91 Å². The van der Waals surface area contributed by atoms with Gasteiger partial charge < -0.3 is 10.3 Å². The normalized spacial score (nSPS) is 12.7. The first-order valence-electron chi connectivity index (χ1n) is 8.29. The molecule has 1 amide bonds. The first-order chi connectivity index (χ1) is 12.7. The summed E-state index contributed by atoms with van der Waals surface area (Å²) in [6.07, 6.45) is 6.79. The number of rotatable bonds is 2. The number of nitrogens with one attached hydrogen (secondary N) is 3. The molecule has 3 N–H and O–H groups in total. The van der Waals surface area contributed by atoms with Crippen LogP contribution < -0.4 is 5.32 Å². The Morgan fingerprint density at radius 3 is 2.92 bits per heavy atom. The molecule has 0 saturated carbocycles. The molecule has 0 atom stereocenters. The number of aromatic amines is 2. The molecule has 26 heavy (non-hydrogen) atoms. The number of hydrogen-bond acceptors (Lipinski definition) is 3. The minimum atomic E-state index is -0.236. The average molecular weight is 364 g/mol. The second-order valence-electron chi connectivity index (χ2n) is 6.29. The molecule has 0 radical (unpaired) electrons. The van der Waals surface area contributed by atoms with Crippen molar-refractivity contribution in [3.63, 3.8) is 0 Å². The highest BCUT2D eigenvalue weighted by atomic mass is 35.5. The Morgan fingerprint density at radius 1 is 1.15 bits per heavy atom. The van der Waals surface area contributed by atoms with Crippen LogP contribution in [-0.2, 0) is 12.8 Å². The van der Waals surface area contributed by atoms with Gasteiger partial charge in [0.25, 0.3) is 5.91 Å². The van der Waals surface area contributed by atoms with E-state index in [0.717, 1.165) is 40.7 Å². The number of halogens is 1. The highest BCUT2D eigenvalue weighted by Crippen LogP contribution is 2.41. The van der Waals surface area contributed by atoms with Crippen LogP contribution in [0.2, 0.25) is 5.02 Å². The van der Waals surface area contributed by atoms with Gasteiger partial charge in [0, 0.05) is 23.3 Å². The number of carbonyl (C=O) groups excluding carboxylic acids is 1. The van der Waals surface area contributed by atoms with E-state index in [1.54, 1.807) is 24.4 Å². The van der Waals surface area contributed by atoms with Crippen molar-refractivity contribution in [2.45, 2.75) is 12.8 Å². The Morgan fingerprint density at radius 2 is 2.08 bits per heavy atom. The highest BCUT2D eigenvalue weighted by molar-refractivity contribution is 6.36. The van der Waals surface area contributed by atoms with Crippen molar-refractivity contribution in [2.24, 2.45) is 0 Å². The van der Waals surface area contributed by atoms with Gasteiger partial charge in [-0.1, -0.05) is 11.6 Å². The fourth-order valence-electron chi connectivity index (χ4n) is 3.58. The molecular weight excluding hydrogens is 350 g/mol. The van der Waals surface area contributed by atoms with Crippen LogP contribution in [0.15, 0.2) is 42.9 Å². The molecule has 0 unspecified atom stereocenters. The predicted molar refractivity (Wildman–Crippen MR) is 100 cm³/mol. The van der Waals surface area contributed by atoms with Crippen molar-refractivity contribution in [3.05, 3.63) is 64.6 Å². The van der Waals surface area contributed by atoms with E-state index < -0.39 is 0 Å². The van der Waals surface area contributed by atoms with Crippen LogP contribution in [-0.4, -0.2) is 26.1 Å². The van der Waals surface area contributed by atoms with Crippen molar-refractivity contribution in [3.8, 4) is 11.4 Å². The SMILES string of the molecule is O=C(Nc1c(Cl)ccc2[nH]c3c(c12)CCc1cn[nH]c1-3)c1cccnc1. The summed E-state index contributed by atoms with van der Waals surface area (Å²) in [5.74, 6) is -0.236. The summed E-state index contributed by atoms with van der Waals surface area (Å²) in [5.41, 5.74) is 6.39. The van der Waals surface area contributed by atoms with Gasteiger partial charge in [0.1, 0.15) is 0 Å². The van der Waals surface area contributed by atoms with Crippen molar-refractivity contribution in [1.82, 2.24) is 20.2 Å². The maximum atomic E-state index is 12.6. The molecule has 0 aliphatic heterocycles. The lowest BCUT2D eigenvalue weighted by Crippen LogP contribution is -2.13. The van der Waals surface area contributed by atoms with Gasteiger partial charge in [0.2, 0.25) is 0 Å². The molecular formula is C19H14ClN5O. The second kappa shape index (κ2) is 5.71. The number of fused-ring (bicyclic) bond motifs is 5. The van der Waals surface area contributed by atoms with Crippen LogP contribution in [0.25, 0.3) is 22.3 Å². The summed E-state index contributed by atoms with van der Waals surface area (Å²) in [7, 11) is 0. The van der Waals surface area contributed by atoms with Crippen LogP contribution in [0, 0.1) is 0 Å². The maximum Gasteiger partial charge on any atom is 0.257 e. The third-order valence-corrected chi connectivity index (χ3v) is 5.11. The summed E-state index contributed by atoms with van der Waals surface area (Å²) >= 11 is 6.45. The fourth-order valence-corrected chi connectivity index (χ4v) is 3.78. The number of pyridine rings is 1. The standard InChI is InChI=1S/C19H14ClN5O/c20-13-5-6-14-15(18(13)24-19(26)11-2-1-7-21-8-11)12-4-3-10-9-22-25-16(10)17(12)23-14/h1-2,5-9,23H,3-4H2,(H,22,25)(H,24,26). The number of benzene rings is 1. The number of amides is 1. The van der Waals surface area contributed by atoms with Gasteiger partial charge in [-0.25, -0.2) is 0 Å². The predicted octanol–water partition coefficient (Wildman–Crippen LogP) is 3.96. The molecule has 3 heterocycles. The summed E-state index contributed by atoms with van der Waals surface area (Å²) in [4.78, 5) is 20.1. The third-order valence-electron chi connectivity index (χ3n) is 4.79. The molecule has 1 aliphatic rings. The molecule has 0 saturated heterocycles. The van der Waals surface area contributed by atoms with Crippen LogP contribution in [0.1, 0.15) is 21.5 Å². The van der Waals surface area contributed by atoms with E-state index in [1.807, 2.05) is 12.3 Å². The zero-order valence-corrected chi connectivity index (χ0v) is 14.4. The summed E-state index contributed by atoms with van der Waals surface area (Å²) in [6, 6.07) is 7.18. The maximum absolute atomic E-state index is 12.6. The van der Waals surface area contributed by atoms with Crippen LogP contribution in [0.3, 0.4) is 0 Å². The lowest BCUT2D eigenvalue weighted by atomic mass is 9.93. The second-order valence-corrected chi connectivity index (χ2v) is 6.70. The van der Waals surface area contributed by atoms with Crippen LogP contribution in [0.5, 0.6) is 0 Å². The van der Waals surface area contributed by atoms with E-state index in [9.17, 15) is 4.79 Å². The smallest absolute Gasteiger partial charge is 0.257 e. The molecule has 0 bridgehead atoms. The molecule has 3 aromatic heterocycles. The third kappa shape index (κ3) is 2.23. The minimum absolute atomic E-state index is 0.236. The summed E-state index contributed by atoms with van der Waals surface area (Å²) < 4.78 is 0. The number of H-pyrrole nitrogens is 2. The lowest BCUT2D eigenvalue weighted by molar-refractivity contribution is 0.102. The van der Waals surface area contributed by atoms with Gasteiger partial charge in [-0.05, 0) is 48.2 Å². The number of aryl methyl sites for hydroxylation is 2. The van der Waals surface area contributed by atoms with Crippen LogP contribution >= 0.6 is 11.6 Å². The van der Waals surface area contributed by atoms with Gasteiger partial charge in [-0.3, -0.25) is 14.9 Å². The van der Waals surface area contributed by atoms with E-state index in [4.69, 9.17) is 11.6 Å². The zero-order chi connectivity index (χ0) is 17.7. The molecule has 1 aliphatic carbocycles. The van der Waals surface area contributed by atoms with Crippen LogP contribution in [0.4, 0.5) is 5.69 Å². The van der Waals surface area contributed by atoms with Gasteiger partial charge >= 0.3 is 0 Å². The Kier molecular flexibility index (Phi) is 3.33. The lowest BCUT2D eigenvalue weighted by Gasteiger charge is -2.14. The minimum Gasteiger partial charge on any atom is -0.353 e. The van der Waals surface area contributed by atoms with Crippen molar-refractivity contribution in [1.29, 1.82) is 0 Å². The van der Waals surface area contributed by atoms with E-state index in [2.05, 4.69) is 25.5 Å². The monoisotopic (exact) mass is 363 g/mol. The molecule has 7 heteroatoms. The Hall–Kier alpha value is -3.12. The first kappa shape index (κ1) is 15.2. The van der Waals surface area contributed by atoms with Crippen molar-refractivity contribution < 1.29 is 4.79 Å². The summed E-state index contributed by atoms with van der Waals surface area (Å²) in [6.45, 7) is 0. The molecule has 128 valence electrons. The Labute approximate surface area is 153 Å². The highest BCUT2D eigenvalue weighted by Gasteiger charge is 2.25. The topological polar surface area (TPSA) is 86.5 Å². The Balaban J connectivity index is 1.67. The quantitative estimate of drug-likeness (QED) is 0.504. The average Bonchev–Trinajstić information content (AvgIpc) is 3.28. The van der Waals surface area contributed by atoms with Crippen molar-refractivity contribution in [2.75, 3.05) is 5.32 Å². The molecule has 1 aromatic carbocycles. The fraction of sp³-hybridized carbons (Fsp3) is 0.105. The van der Waals surface area contributed by atoms with Gasteiger partial charge in [-0.2, -0.15) is 5.10 Å². The molecule has 6 nitrogen and oxygen atoms in total. The number of carbonyl (C=O) groups is 1. The van der Waals surface area contributed by atoms with Crippen molar-refractivity contribution >= 4 is 34.1 Å². The summed E-state index contributed by atoms with van der Waals surface area (Å²) in [5, 5.41) is 11.6. The molecule has 5 rings (SSSR count). The number of nitrogens with zero attached hydrogens (tertiary/aromatic N) is 2. The van der Waals surface area contributed by atoms with Gasteiger partial charge in [0.15, 0.2) is 0 Å². The molecule has 0 spiro atoms. The number of anilines is 1. The largest absolute Gasteiger partial charge is 0.353 e. The van der Waals surface area contributed by atoms with E-state index >= 15 is 0 Å². The van der Waals surface area contributed by atoms with E-state index in [1.165, 1.54) is 11.8 Å². The first-order valence-corrected chi connectivity index (χ1v) is 8.67. The Bertz CT molecular complexity index is 1150. The zero-order valence-electron chi connectivity index (χ0n) is 13.6. The number of aromatic nitrogens is 4. The van der Waals surface area contributed by atoms with Gasteiger partial charge in [-0.15, -0.1) is 0 Å².